The molecule has 6 nitrogen and oxygen atoms in total. The zero-order chi connectivity index (χ0) is 18.9. The van der Waals surface area contributed by atoms with Crippen molar-refractivity contribution in [2.24, 2.45) is 5.73 Å². The number of hydrogen-bond acceptors (Lipinski definition) is 6. The first-order valence-electron chi connectivity index (χ1n) is 7.74. The van der Waals surface area contributed by atoms with Gasteiger partial charge in [0.2, 0.25) is 0 Å². The number of nitrogens with one attached hydrogen (secondary N) is 1. The van der Waals surface area contributed by atoms with E-state index >= 15 is 0 Å². The van der Waals surface area contributed by atoms with Crippen molar-refractivity contribution < 1.29 is 32.2 Å². The number of aldehydes is 1. The molecule has 0 amide bonds. The molecule has 3 N–H and O–H groups in total. The van der Waals surface area contributed by atoms with Crippen molar-refractivity contribution in [3.8, 4) is 0 Å². The second-order valence-corrected chi connectivity index (χ2v) is 4.63. The molecule has 0 aliphatic rings. The number of likely N-dealkylation sites (N-methyl/N-ethyl adjacent to an activating group) is 1. The van der Waals surface area contributed by atoms with Crippen LogP contribution in [-0.2, 0) is 14.2 Å². The van der Waals surface area contributed by atoms with Gasteiger partial charge in [0.15, 0.2) is 6.29 Å². The van der Waals surface area contributed by atoms with Gasteiger partial charge in [-0.2, -0.15) is 0 Å². The van der Waals surface area contributed by atoms with Crippen LogP contribution >= 0.6 is 0 Å². The highest BCUT2D eigenvalue weighted by Crippen LogP contribution is 2.11. The maximum absolute atomic E-state index is 12.4. The van der Waals surface area contributed by atoms with Gasteiger partial charge in [0, 0.05) is 25.2 Å². The van der Waals surface area contributed by atoms with Crippen LogP contribution in [0.25, 0.3) is 0 Å². The molecule has 0 aromatic heterocycles. The Bertz CT molecular complexity index is 444. The van der Waals surface area contributed by atoms with E-state index in [1.54, 1.807) is 0 Å². The number of rotatable bonds is 12. The summed E-state index contributed by atoms with van der Waals surface area (Å²) in [6.07, 6.45) is 0.00407. The van der Waals surface area contributed by atoms with Gasteiger partial charge in [-0.25, -0.2) is 13.2 Å². The largest absolute Gasteiger partial charge is 0.378 e. The minimum Gasteiger partial charge on any atom is -0.378 e. The van der Waals surface area contributed by atoms with E-state index in [4.69, 9.17) is 19.9 Å². The van der Waals surface area contributed by atoms with E-state index in [0.29, 0.717) is 51.7 Å². The third-order valence-electron chi connectivity index (χ3n) is 2.66. The van der Waals surface area contributed by atoms with Crippen molar-refractivity contribution in [1.29, 1.82) is 0 Å². The lowest BCUT2D eigenvalue weighted by atomic mass is 10.2. The van der Waals surface area contributed by atoms with Gasteiger partial charge in [0.05, 0.1) is 45.2 Å². The summed E-state index contributed by atoms with van der Waals surface area (Å²) in [7, 11) is 1.90. The van der Waals surface area contributed by atoms with Crippen molar-refractivity contribution in [2.45, 2.75) is 0 Å². The lowest BCUT2D eigenvalue weighted by Crippen LogP contribution is -2.17. The Balaban J connectivity index is 0.000000472. The summed E-state index contributed by atoms with van der Waals surface area (Å²) in [6, 6.07) is 0.902. The molecular formula is C16H25F3N2O4. The first kappa shape index (κ1) is 23.5. The topological polar surface area (TPSA) is 82.8 Å². The van der Waals surface area contributed by atoms with Gasteiger partial charge in [-0.1, -0.05) is 0 Å². The molecule has 0 bridgehead atoms. The van der Waals surface area contributed by atoms with Crippen LogP contribution in [0.2, 0.25) is 0 Å². The molecule has 0 atom stereocenters. The van der Waals surface area contributed by atoms with Crippen LogP contribution in [0.3, 0.4) is 0 Å². The number of nitrogens with two attached hydrogens (primary N) is 1. The highest BCUT2D eigenvalue weighted by atomic mass is 19.1. The molecule has 0 fully saturated rings. The number of benzene rings is 1. The molecule has 0 aliphatic carbocycles. The summed E-state index contributed by atoms with van der Waals surface area (Å²) < 4.78 is 52.6. The highest BCUT2D eigenvalue weighted by Gasteiger charge is 2.09. The Morgan fingerprint density at radius 3 is 1.88 bits per heavy atom. The van der Waals surface area contributed by atoms with Gasteiger partial charge >= 0.3 is 0 Å². The molecule has 0 spiro atoms. The van der Waals surface area contributed by atoms with Crippen LogP contribution in [-0.4, -0.2) is 66.1 Å². The summed E-state index contributed by atoms with van der Waals surface area (Å²) >= 11 is 0. The highest BCUT2D eigenvalue weighted by molar-refractivity contribution is 5.75. The van der Waals surface area contributed by atoms with Gasteiger partial charge in [0.1, 0.15) is 17.5 Å². The lowest BCUT2D eigenvalue weighted by Gasteiger charge is -2.05. The molecule has 0 unspecified atom stereocenters. The van der Waals surface area contributed by atoms with E-state index in [1.165, 1.54) is 0 Å². The molecule has 0 saturated carbocycles. The Kier molecular flexibility index (Phi) is 15.0. The third-order valence-corrected chi connectivity index (χ3v) is 2.66. The summed E-state index contributed by atoms with van der Waals surface area (Å²) in [5.41, 5.74) is 4.50. The van der Waals surface area contributed by atoms with Crippen molar-refractivity contribution in [3.05, 3.63) is 35.1 Å². The normalized spacial score (nSPS) is 10.3. The SMILES string of the molecule is CNCCOCCOCCOCCN.O=Cc1c(F)cc(F)cc1F. The summed E-state index contributed by atoms with van der Waals surface area (Å²) in [5, 5.41) is 3.00. The van der Waals surface area contributed by atoms with Gasteiger partial charge in [0.25, 0.3) is 0 Å². The van der Waals surface area contributed by atoms with Gasteiger partial charge < -0.3 is 25.3 Å². The average Bonchev–Trinajstić information content (AvgIpc) is 2.57. The Morgan fingerprint density at radius 2 is 1.44 bits per heavy atom. The fourth-order valence-corrected chi connectivity index (χ4v) is 1.47. The van der Waals surface area contributed by atoms with E-state index < -0.39 is 23.0 Å². The van der Waals surface area contributed by atoms with Crippen LogP contribution in [0.4, 0.5) is 13.2 Å². The number of hydrogen-bond donors (Lipinski definition) is 2. The Hall–Kier alpha value is -1.52. The fraction of sp³-hybridized carbons (Fsp3) is 0.562. The predicted octanol–water partition coefficient (Wildman–Crippen LogP) is 1.13. The van der Waals surface area contributed by atoms with Crippen molar-refractivity contribution >= 4 is 6.29 Å². The number of carbonyl (C=O) groups is 1. The maximum atomic E-state index is 12.4. The zero-order valence-corrected chi connectivity index (χ0v) is 14.2. The van der Waals surface area contributed by atoms with E-state index in [1.807, 2.05) is 7.05 Å². The van der Waals surface area contributed by atoms with E-state index in [9.17, 15) is 18.0 Å². The quantitative estimate of drug-likeness (QED) is 0.426. The molecule has 25 heavy (non-hydrogen) atoms. The Morgan fingerprint density at radius 1 is 0.960 bits per heavy atom. The Labute approximate surface area is 145 Å². The summed E-state index contributed by atoms with van der Waals surface area (Å²) in [6.45, 7) is 5.23. The smallest absolute Gasteiger partial charge is 0.155 e. The molecule has 144 valence electrons. The van der Waals surface area contributed by atoms with Gasteiger partial charge in [-0.05, 0) is 7.05 Å². The molecule has 0 saturated heterocycles. The first-order valence-corrected chi connectivity index (χ1v) is 7.74. The van der Waals surface area contributed by atoms with Crippen LogP contribution in [0, 0.1) is 17.5 Å². The van der Waals surface area contributed by atoms with E-state index in [-0.39, 0.29) is 6.29 Å². The van der Waals surface area contributed by atoms with Crippen LogP contribution in [0.5, 0.6) is 0 Å². The van der Waals surface area contributed by atoms with Crippen LogP contribution < -0.4 is 11.1 Å². The number of halogens is 3. The van der Waals surface area contributed by atoms with Gasteiger partial charge in [-0.3, -0.25) is 4.79 Å². The first-order chi connectivity index (χ1) is 12.1. The number of carbonyl (C=O) groups excluding carboxylic acids is 1. The lowest BCUT2D eigenvalue weighted by molar-refractivity contribution is 0.0168. The maximum Gasteiger partial charge on any atom is 0.155 e. The number of ether oxygens (including phenoxy) is 3. The molecule has 1 aromatic carbocycles. The van der Waals surface area contributed by atoms with E-state index in [2.05, 4.69) is 5.32 Å². The second-order valence-electron chi connectivity index (χ2n) is 4.63. The molecule has 0 aliphatic heterocycles. The molecule has 0 heterocycles. The zero-order valence-electron chi connectivity index (χ0n) is 14.2. The van der Waals surface area contributed by atoms with Crippen LogP contribution in [0.1, 0.15) is 10.4 Å². The molecule has 0 radical (unpaired) electrons. The van der Waals surface area contributed by atoms with Crippen LogP contribution in [0.15, 0.2) is 12.1 Å². The average molecular weight is 366 g/mol. The van der Waals surface area contributed by atoms with Crippen molar-refractivity contribution in [1.82, 2.24) is 5.32 Å². The standard InChI is InChI=1S/C9H22N2O3.C7H3F3O/c1-11-3-5-13-7-9-14-8-6-12-4-2-10;8-4-1-6(9)5(3-11)7(10)2-4/h11H,2-10H2,1H3;1-3H. The molecule has 1 aromatic rings. The monoisotopic (exact) mass is 366 g/mol. The molecular weight excluding hydrogens is 341 g/mol. The molecule has 9 heteroatoms. The van der Waals surface area contributed by atoms with E-state index in [0.717, 1.165) is 13.2 Å². The predicted molar refractivity (Wildman–Crippen MR) is 87.1 cm³/mol. The minimum atomic E-state index is -1.18. The summed E-state index contributed by atoms with van der Waals surface area (Å²) in [4.78, 5) is 9.96. The second kappa shape index (κ2) is 16.0. The molecule has 1 rings (SSSR count). The third kappa shape index (κ3) is 12.5. The van der Waals surface area contributed by atoms with Crippen molar-refractivity contribution in [3.63, 3.8) is 0 Å². The fourth-order valence-electron chi connectivity index (χ4n) is 1.47. The summed E-state index contributed by atoms with van der Waals surface area (Å²) in [5.74, 6) is -3.40. The van der Waals surface area contributed by atoms with Crippen molar-refractivity contribution in [2.75, 3.05) is 59.8 Å². The van der Waals surface area contributed by atoms with Gasteiger partial charge in [-0.15, -0.1) is 0 Å². The minimum absolute atomic E-state index is 0.00407.